The Bertz CT molecular complexity index is 555. The highest BCUT2D eigenvalue weighted by molar-refractivity contribution is 5.86. The first kappa shape index (κ1) is 11.7. The van der Waals surface area contributed by atoms with Crippen molar-refractivity contribution in [2.24, 2.45) is 0 Å². The zero-order chi connectivity index (χ0) is 12.4. The molecule has 0 bridgehead atoms. The molecule has 0 saturated carbocycles. The lowest BCUT2D eigenvalue weighted by molar-refractivity contribution is -0.116. The van der Waals surface area contributed by atoms with Crippen LogP contribution in [-0.2, 0) is 11.2 Å². The number of ketones is 1. The second kappa shape index (κ2) is 4.62. The molecule has 2 rings (SSSR count). The summed E-state index contributed by atoms with van der Waals surface area (Å²) in [6.07, 6.45) is 1.40. The number of methoxy groups -OCH3 is 1. The van der Waals surface area contributed by atoms with Crippen LogP contribution in [0.4, 0.5) is 0 Å². The zero-order valence-electron chi connectivity index (χ0n) is 10.5. The number of fused-ring (bicyclic) bond motifs is 1. The minimum absolute atomic E-state index is 0.229. The van der Waals surface area contributed by atoms with Crippen LogP contribution in [0.2, 0.25) is 0 Å². The van der Waals surface area contributed by atoms with E-state index in [0.717, 1.165) is 23.4 Å². The van der Waals surface area contributed by atoms with Crippen LogP contribution < -0.4 is 4.74 Å². The molecule has 1 heterocycles. The fourth-order valence-corrected chi connectivity index (χ4v) is 2.12. The lowest BCUT2D eigenvalue weighted by atomic mass is 10.0. The van der Waals surface area contributed by atoms with Crippen molar-refractivity contribution < 1.29 is 9.53 Å². The normalized spacial score (nSPS) is 10.8. The zero-order valence-corrected chi connectivity index (χ0v) is 10.5. The Labute approximate surface area is 101 Å². The van der Waals surface area contributed by atoms with Gasteiger partial charge in [0.15, 0.2) is 0 Å². The Hall–Kier alpha value is -1.77. The molecule has 90 valence electrons. The van der Waals surface area contributed by atoms with Crippen molar-refractivity contribution in [1.29, 1.82) is 0 Å². The fourth-order valence-electron chi connectivity index (χ4n) is 2.12. The van der Waals surface area contributed by atoms with Crippen molar-refractivity contribution in [2.45, 2.75) is 26.7 Å². The number of hydrogen-bond acceptors (Lipinski definition) is 2. The second-order valence-corrected chi connectivity index (χ2v) is 4.34. The number of aromatic amines is 1. The molecule has 0 aliphatic heterocycles. The van der Waals surface area contributed by atoms with Crippen molar-refractivity contribution in [1.82, 2.24) is 4.98 Å². The van der Waals surface area contributed by atoms with Gasteiger partial charge in [0.05, 0.1) is 7.11 Å². The summed E-state index contributed by atoms with van der Waals surface area (Å²) in [6, 6.07) is 5.99. The molecule has 0 atom stereocenters. The van der Waals surface area contributed by atoms with Crippen LogP contribution in [0.15, 0.2) is 18.2 Å². The lowest BCUT2D eigenvalue weighted by Gasteiger charge is -2.01. The number of benzene rings is 1. The first-order chi connectivity index (χ1) is 8.11. The molecule has 0 saturated heterocycles. The van der Waals surface area contributed by atoms with Crippen molar-refractivity contribution in [3.8, 4) is 5.75 Å². The Morgan fingerprint density at radius 3 is 2.82 bits per heavy atom. The molecule has 0 aliphatic carbocycles. The number of hydrogen-bond donors (Lipinski definition) is 1. The van der Waals surface area contributed by atoms with Gasteiger partial charge in [-0.3, -0.25) is 0 Å². The van der Waals surface area contributed by atoms with Gasteiger partial charge in [-0.2, -0.15) is 0 Å². The van der Waals surface area contributed by atoms with Crippen LogP contribution in [0.5, 0.6) is 5.75 Å². The van der Waals surface area contributed by atoms with Gasteiger partial charge in [0.25, 0.3) is 0 Å². The van der Waals surface area contributed by atoms with Crippen LogP contribution in [0.1, 0.15) is 24.6 Å². The highest BCUT2D eigenvalue weighted by Crippen LogP contribution is 2.26. The molecule has 0 radical (unpaired) electrons. The molecule has 0 aliphatic rings. The van der Waals surface area contributed by atoms with Crippen molar-refractivity contribution in [3.63, 3.8) is 0 Å². The molecular formula is C14H17NO2. The van der Waals surface area contributed by atoms with Crippen LogP contribution in [-0.4, -0.2) is 17.9 Å². The number of Topliss-reactive ketones (excluding diaryl/α,β-unsaturated/α-hetero) is 1. The number of H-pyrrole nitrogens is 1. The number of nitrogens with one attached hydrogen (secondary N) is 1. The maximum atomic E-state index is 11.1. The van der Waals surface area contributed by atoms with Gasteiger partial charge in [-0.1, -0.05) is 0 Å². The molecule has 1 aromatic heterocycles. The lowest BCUT2D eigenvalue weighted by Crippen LogP contribution is -1.94. The number of carbonyl (C=O) groups is 1. The van der Waals surface area contributed by atoms with Gasteiger partial charge in [0.1, 0.15) is 11.5 Å². The predicted molar refractivity (Wildman–Crippen MR) is 68.6 cm³/mol. The summed E-state index contributed by atoms with van der Waals surface area (Å²) in [7, 11) is 1.66. The number of aryl methyl sites for hydroxylation is 2. The highest BCUT2D eigenvalue weighted by Gasteiger charge is 2.09. The maximum absolute atomic E-state index is 11.1. The van der Waals surface area contributed by atoms with Gasteiger partial charge < -0.3 is 14.5 Å². The minimum Gasteiger partial charge on any atom is -0.497 e. The van der Waals surface area contributed by atoms with Crippen molar-refractivity contribution in [2.75, 3.05) is 7.11 Å². The second-order valence-electron chi connectivity index (χ2n) is 4.34. The van der Waals surface area contributed by atoms with Crippen LogP contribution in [0.3, 0.4) is 0 Å². The third kappa shape index (κ3) is 2.33. The summed E-state index contributed by atoms with van der Waals surface area (Å²) in [4.78, 5) is 14.4. The number of rotatable bonds is 4. The van der Waals surface area contributed by atoms with Crippen LogP contribution >= 0.6 is 0 Å². The third-order valence-electron chi connectivity index (χ3n) is 3.05. The predicted octanol–water partition coefficient (Wildman–Crippen LogP) is 3.01. The molecule has 3 heteroatoms. The van der Waals surface area contributed by atoms with E-state index in [2.05, 4.69) is 4.98 Å². The summed E-state index contributed by atoms with van der Waals surface area (Å²) in [5.41, 5.74) is 3.44. The Morgan fingerprint density at radius 2 is 2.18 bits per heavy atom. The summed E-state index contributed by atoms with van der Waals surface area (Å²) in [6.45, 7) is 3.68. The monoisotopic (exact) mass is 231 g/mol. The topological polar surface area (TPSA) is 42.1 Å². The maximum Gasteiger partial charge on any atom is 0.130 e. The number of ether oxygens (including phenoxy) is 1. The van der Waals surface area contributed by atoms with Crippen molar-refractivity contribution in [3.05, 3.63) is 29.5 Å². The van der Waals surface area contributed by atoms with Crippen molar-refractivity contribution >= 4 is 16.7 Å². The molecule has 1 aromatic carbocycles. The standard InChI is InChI=1S/C14H17NO2/c1-9(16)4-6-12-10(2)15-14-8-11(17-3)5-7-13(12)14/h5,7-8,15H,4,6H2,1-3H3. The molecule has 3 nitrogen and oxygen atoms in total. The van der Waals surface area contributed by atoms with E-state index < -0.39 is 0 Å². The minimum atomic E-state index is 0.229. The molecule has 2 aromatic rings. The van der Waals surface area contributed by atoms with E-state index in [1.54, 1.807) is 14.0 Å². The summed E-state index contributed by atoms with van der Waals surface area (Å²) in [5, 5.41) is 1.18. The molecule has 0 unspecified atom stereocenters. The van der Waals surface area contributed by atoms with Gasteiger partial charge >= 0.3 is 0 Å². The van der Waals surface area contributed by atoms with Gasteiger partial charge in [0.2, 0.25) is 0 Å². The van der Waals surface area contributed by atoms with E-state index in [4.69, 9.17) is 4.74 Å². The molecule has 0 fully saturated rings. The molecule has 0 spiro atoms. The van der Waals surface area contributed by atoms with E-state index in [0.29, 0.717) is 6.42 Å². The van der Waals surface area contributed by atoms with Gasteiger partial charge in [-0.05, 0) is 38.0 Å². The quantitative estimate of drug-likeness (QED) is 0.878. The molecule has 1 N–H and O–H groups in total. The Balaban J connectivity index is 2.41. The number of carbonyl (C=O) groups excluding carboxylic acids is 1. The fraction of sp³-hybridized carbons (Fsp3) is 0.357. The largest absolute Gasteiger partial charge is 0.497 e. The van der Waals surface area contributed by atoms with E-state index in [1.165, 1.54) is 10.9 Å². The Morgan fingerprint density at radius 1 is 1.41 bits per heavy atom. The van der Waals surface area contributed by atoms with Gasteiger partial charge in [0, 0.05) is 29.1 Å². The SMILES string of the molecule is COc1ccc2c(CCC(C)=O)c(C)[nH]c2c1. The first-order valence-corrected chi connectivity index (χ1v) is 5.76. The van der Waals surface area contributed by atoms with Crippen LogP contribution in [0, 0.1) is 6.92 Å². The average Bonchev–Trinajstić information content (AvgIpc) is 2.60. The molecule has 0 amide bonds. The van der Waals surface area contributed by atoms with E-state index in [1.807, 2.05) is 25.1 Å². The van der Waals surface area contributed by atoms with Crippen LogP contribution in [0.25, 0.3) is 10.9 Å². The average molecular weight is 231 g/mol. The molecular weight excluding hydrogens is 214 g/mol. The third-order valence-corrected chi connectivity index (χ3v) is 3.05. The van der Waals surface area contributed by atoms with E-state index in [9.17, 15) is 4.79 Å². The highest BCUT2D eigenvalue weighted by atomic mass is 16.5. The van der Waals surface area contributed by atoms with Gasteiger partial charge in [-0.15, -0.1) is 0 Å². The van der Waals surface area contributed by atoms with E-state index in [-0.39, 0.29) is 5.78 Å². The molecule has 17 heavy (non-hydrogen) atoms. The summed E-state index contributed by atoms with van der Waals surface area (Å²) in [5.74, 6) is 1.07. The van der Waals surface area contributed by atoms with E-state index >= 15 is 0 Å². The first-order valence-electron chi connectivity index (χ1n) is 5.76. The van der Waals surface area contributed by atoms with Gasteiger partial charge in [-0.25, -0.2) is 0 Å². The Kier molecular flexibility index (Phi) is 3.18. The smallest absolute Gasteiger partial charge is 0.130 e. The summed E-state index contributed by atoms with van der Waals surface area (Å²) >= 11 is 0. The number of aromatic nitrogens is 1. The summed E-state index contributed by atoms with van der Waals surface area (Å²) < 4.78 is 5.20.